The maximum absolute atomic E-state index is 12.9. The zero-order chi connectivity index (χ0) is 22.2. The van der Waals surface area contributed by atoms with E-state index in [2.05, 4.69) is 30.6 Å². The number of pyridine rings is 2. The Morgan fingerprint density at radius 3 is 2.84 bits per heavy atom. The van der Waals surface area contributed by atoms with E-state index in [-0.39, 0.29) is 11.6 Å². The van der Waals surface area contributed by atoms with Crippen LogP contribution in [0.1, 0.15) is 49.1 Å². The first-order valence-corrected chi connectivity index (χ1v) is 10.4. The molecule has 0 saturated heterocycles. The third-order valence-electron chi connectivity index (χ3n) is 5.34. The SMILES string of the molecule is CC(C)n1cc(-c2c[nH]c(=O)c(C(=O)Nc3cccc(-c4nncn4C4CC4)n3)c2)cn1. The lowest BCUT2D eigenvalue weighted by atomic mass is 10.1. The maximum Gasteiger partial charge on any atom is 0.262 e. The van der Waals surface area contributed by atoms with E-state index in [0.29, 0.717) is 28.9 Å². The van der Waals surface area contributed by atoms with Gasteiger partial charge in [0.2, 0.25) is 0 Å². The summed E-state index contributed by atoms with van der Waals surface area (Å²) in [5.41, 5.74) is 1.63. The summed E-state index contributed by atoms with van der Waals surface area (Å²) in [5.74, 6) is 0.443. The Kier molecular flexibility index (Phi) is 4.89. The van der Waals surface area contributed by atoms with Crippen LogP contribution >= 0.6 is 0 Å². The van der Waals surface area contributed by atoms with Crippen LogP contribution in [0.3, 0.4) is 0 Å². The van der Waals surface area contributed by atoms with E-state index in [0.717, 1.165) is 18.4 Å². The van der Waals surface area contributed by atoms with Gasteiger partial charge in [0, 0.05) is 35.6 Å². The number of aromatic amines is 1. The van der Waals surface area contributed by atoms with Crippen LogP contribution in [-0.2, 0) is 0 Å². The smallest absolute Gasteiger partial charge is 0.262 e. The van der Waals surface area contributed by atoms with Gasteiger partial charge in [-0.2, -0.15) is 5.10 Å². The highest BCUT2D eigenvalue weighted by Crippen LogP contribution is 2.37. The molecule has 32 heavy (non-hydrogen) atoms. The molecule has 1 fully saturated rings. The Bertz CT molecular complexity index is 1350. The van der Waals surface area contributed by atoms with Gasteiger partial charge in [-0.1, -0.05) is 6.07 Å². The first-order valence-electron chi connectivity index (χ1n) is 10.4. The summed E-state index contributed by atoms with van der Waals surface area (Å²) in [6, 6.07) is 7.44. The number of nitrogens with one attached hydrogen (secondary N) is 2. The highest BCUT2D eigenvalue weighted by molar-refractivity contribution is 6.04. The van der Waals surface area contributed by atoms with Crippen molar-refractivity contribution in [1.29, 1.82) is 0 Å². The van der Waals surface area contributed by atoms with Crippen molar-refractivity contribution >= 4 is 11.7 Å². The lowest BCUT2D eigenvalue weighted by molar-refractivity contribution is 0.102. The number of aromatic nitrogens is 7. The Hall–Kier alpha value is -4.08. The first kappa shape index (κ1) is 19.9. The summed E-state index contributed by atoms with van der Waals surface area (Å²) >= 11 is 0. The van der Waals surface area contributed by atoms with E-state index < -0.39 is 11.5 Å². The molecule has 1 saturated carbocycles. The molecular formula is C22H22N8O2. The van der Waals surface area contributed by atoms with E-state index >= 15 is 0 Å². The molecule has 162 valence electrons. The van der Waals surface area contributed by atoms with Gasteiger partial charge in [0.15, 0.2) is 5.82 Å². The summed E-state index contributed by atoms with van der Waals surface area (Å²) in [6.07, 6.45) is 9.04. The third kappa shape index (κ3) is 3.82. The molecule has 0 radical (unpaired) electrons. The quantitative estimate of drug-likeness (QED) is 0.485. The standard InChI is InChI=1S/C22H22N8O2/c1-13(2)30-11-15(10-25-30)14-8-17(21(31)23-9-14)22(32)27-19-5-3-4-18(26-19)20-28-24-12-29(20)16-6-7-16/h3-5,8-13,16H,6-7H2,1-2H3,(H,23,31)(H,26,27,32). The van der Waals surface area contributed by atoms with Gasteiger partial charge in [-0.3, -0.25) is 14.3 Å². The van der Waals surface area contributed by atoms with Gasteiger partial charge in [-0.25, -0.2) is 4.98 Å². The first-order chi connectivity index (χ1) is 15.5. The number of hydrogen-bond donors (Lipinski definition) is 2. The summed E-state index contributed by atoms with van der Waals surface area (Å²) in [6.45, 7) is 4.05. The highest BCUT2D eigenvalue weighted by Gasteiger charge is 2.27. The zero-order valence-corrected chi connectivity index (χ0v) is 17.7. The average molecular weight is 430 g/mol. The minimum absolute atomic E-state index is 0.00635. The third-order valence-corrected chi connectivity index (χ3v) is 5.34. The molecule has 0 aliphatic heterocycles. The van der Waals surface area contributed by atoms with Crippen molar-refractivity contribution < 1.29 is 4.79 Å². The molecule has 0 atom stereocenters. The molecule has 4 aromatic rings. The summed E-state index contributed by atoms with van der Waals surface area (Å²) in [7, 11) is 0. The molecule has 0 spiro atoms. The Labute approximate surface area is 183 Å². The van der Waals surface area contributed by atoms with Crippen molar-refractivity contribution in [2.75, 3.05) is 5.32 Å². The molecule has 1 amide bonds. The van der Waals surface area contributed by atoms with Gasteiger partial charge in [0.05, 0.1) is 6.20 Å². The average Bonchev–Trinajstić information content (AvgIpc) is 3.30. The Morgan fingerprint density at radius 1 is 1.25 bits per heavy atom. The number of nitrogens with zero attached hydrogens (tertiary/aromatic N) is 6. The molecule has 5 rings (SSSR count). The van der Waals surface area contributed by atoms with Crippen molar-refractivity contribution in [3.05, 3.63) is 65.1 Å². The van der Waals surface area contributed by atoms with Crippen molar-refractivity contribution in [3.8, 4) is 22.6 Å². The van der Waals surface area contributed by atoms with Crippen LogP contribution in [0.2, 0.25) is 0 Å². The second-order valence-electron chi connectivity index (χ2n) is 8.09. The van der Waals surface area contributed by atoms with E-state index in [4.69, 9.17) is 0 Å². The van der Waals surface area contributed by atoms with Crippen molar-refractivity contribution in [1.82, 2.24) is 34.5 Å². The lowest BCUT2D eigenvalue weighted by Gasteiger charge is -2.08. The Balaban J connectivity index is 1.40. The number of hydrogen-bond acceptors (Lipinski definition) is 6. The fourth-order valence-corrected chi connectivity index (χ4v) is 3.45. The molecule has 0 aromatic carbocycles. The summed E-state index contributed by atoms with van der Waals surface area (Å²) < 4.78 is 3.81. The molecule has 10 heteroatoms. The van der Waals surface area contributed by atoms with E-state index in [1.165, 1.54) is 0 Å². The van der Waals surface area contributed by atoms with Crippen LogP contribution in [0.5, 0.6) is 0 Å². The van der Waals surface area contributed by atoms with Crippen LogP contribution in [0.4, 0.5) is 5.82 Å². The number of carbonyl (C=O) groups excluding carboxylic acids is 1. The number of rotatable bonds is 6. The van der Waals surface area contributed by atoms with Crippen molar-refractivity contribution in [3.63, 3.8) is 0 Å². The highest BCUT2D eigenvalue weighted by atomic mass is 16.2. The zero-order valence-electron chi connectivity index (χ0n) is 17.7. The van der Waals surface area contributed by atoms with Gasteiger partial charge in [0.25, 0.3) is 11.5 Å². The normalized spacial score (nSPS) is 13.5. The number of anilines is 1. The number of amides is 1. The number of carbonyl (C=O) groups is 1. The predicted molar refractivity (Wildman–Crippen MR) is 118 cm³/mol. The largest absolute Gasteiger partial charge is 0.328 e. The van der Waals surface area contributed by atoms with E-state index in [1.54, 1.807) is 36.9 Å². The van der Waals surface area contributed by atoms with Crippen LogP contribution in [0.15, 0.2) is 54.0 Å². The maximum atomic E-state index is 12.9. The van der Waals surface area contributed by atoms with Gasteiger partial charge in [-0.05, 0) is 44.9 Å². The molecule has 4 aromatic heterocycles. The lowest BCUT2D eigenvalue weighted by Crippen LogP contribution is -2.23. The molecule has 1 aliphatic carbocycles. The molecular weight excluding hydrogens is 408 g/mol. The fourth-order valence-electron chi connectivity index (χ4n) is 3.45. The predicted octanol–water partition coefficient (Wildman–Crippen LogP) is 3.06. The minimum atomic E-state index is -0.544. The fraction of sp³-hybridized carbons (Fsp3) is 0.273. The monoisotopic (exact) mass is 430 g/mol. The van der Waals surface area contributed by atoms with Crippen LogP contribution in [-0.4, -0.2) is 40.4 Å². The van der Waals surface area contributed by atoms with Crippen LogP contribution in [0.25, 0.3) is 22.6 Å². The Morgan fingerprint density at radius 2 is 2.09 bits per heavy atom. The summed E-state index contributed by atoms with van der Waals surface area (Å²) in [5, 5.41) is 15.2. The summed E-state index contributed by atoms with van der Waals surface area (Å²) in [4.78, 5) is 32.4. The molecule has 4 heterocycles. The van der Waals surface area contributed by atoms with Gasteiger partial charge >= 0.3 is 0 Å². The van der Waals surface area contributed by atoms with E-state index in [9.17, 15) is 9.59 Å². The molecule has 0 bridgehead atoms. The second-order valence-corrected chi connectivity index (χ2v) is 8.09. The van der Waals surface area contributed by atoms with Gasteiger partial charge in [0.1, 0.15) is 23.4 Å². The molecule has 10 nitrogen and oxygen atoms in total. The van der Waals surface area contributed by atoms with Crippen LogP contribution < -0.4 is 10.9 Å². The molecule has 1 aliphatic rings. The van der Waals surface area contributed by atoms with Crippen LogP contribution in [0, 0.1) is 0 Å². The molecule has 2 N–H and O–H groups in total. The van der Waals surface area contributed by atoms with Gasteiger partial charge < -0.3 is 14.9 Å². The van der Waals surface area contributed by atoms with Crippen molar-refractivity contribution in [2.24, 2.45) is 0 Å². The second kappa shape index (κ2) is 7.88. The molecule has 0 unspecified atom stereocenters. The van der Waals surface area contributed by atoms with E-state index in [1.807, 2.05) is 35.4 Å². The topological polar surface area (TPSA) is 123 Å². The van der Waals surface area contributed by atoms with Gasteiger partial charge in [-0.15, -0.1) is 10.2 Å². The minimum Gasteiger partial charge on any atom is -0.328 e. The number of H-pyrrole nitrogens is 1. The van der Waals surface area contributed by atoms with Crippen molar-refractivity contribution in [2.45, 2.75) is 38.8 Å².